The Balaban J connectivity index is 1.71. The molecule has 4 N–H and O–H groups in total. The van der Waals surface area contributed by atoms with Crippen molar-refractivity contribution >= 4 is 28.6 Å². The van der Waals surface area contributed by atoms with Crippen molar-refractivity contribution in [3.8, 4) is 5.75 Å². The van der Waals surface area contributed by atoms with Crippen LogP contribution in [0.25, 0.3) is 11.2 Å². The van der Waals surface area contributed by atoms with Gasteiger partial charge in [0.1, 0.15) is 17.9 Å². The van der Waals surface area contributed by atoms with Crippen molar-refractivity contribution in [3.05, 3.63) is 30.6 Å². The van der Waals surface area contributed by atoms with E-state index < -0.39 is 0 Å². The predicted molar refractivity (Wildman–Crippen MR) is 83.2 cm³/mol. The van der Waals surface area contributed by atoms with Crippen LogP contribution < -0.4 is 15.8 Å². The number of hydrogen-bond donors (Lipinski definition) is 3. The van der Waals surface area contributed by atoms with Gasteiger partial charge in [-0.1, -0.05) is 0 Å². The molecule has 22 heavy (non-hydrogen) atoms. The first-order chi connectivity index (χ1) is 10.8. The fourth-order valence-electron chi connectivity index (χ4n) is 1.92. The SMILES string of the molecule is COCCOc1ccc(Nc2nc(N)c3[nH]cnc3n2)cc1. The summed E-state index contributed by atoms with van der Waals surface area (Å²) >= 11 is 0. The molecule has 3 aromatic rings. The molecule has 114 valence electrons. The molecule has 0 saturated carbocycles. The number of fused-ring (bicyclic) bond motifs is 1. The van der Waals surface area contributed by atoms with Crippen molar-refractivity contribution in [3.63, 3.8) is 0 Å². The van der Waals surface area contributed by atoms with Crippen LogP contribution in [-0.2, 0) is 4.74 Å². The number of benzene rings is 1. The second-order valence-corrected chi connectivity index (χ2v) is 4.52. The van der Waals surface area contributed by atoms with Crippen molar-refractivity contribution in [1.29, 1.82) is 0 Å². The molecule has 2 heterocycles. The smallest absolute Gasteiger partial charge is 0.231 e. The Labute approximate surface area is 126 Å². The minimum absolute atomic E-state index is 0.351. The Morgan fingerprint density at radius 2 is 2.00 bits per heavy atom. The summed E-state index contributed by atoms with van der Waals surface area (Å²) in [7, 11) is 1.64. The van der Waals surface area contributed by atoms with E-state index in [1.807, 2.05) is 24.3 Å². The summed E-state index contributed by atoms with van der Waals surface area (Å²) in [5.41, 5.74) is 7.83. The van der Waals surface area contributed by atoms with Gasteiger partial charge in [-0.05, 0) is 24.3 Å². The Morgan fingerprint density at radius 3 is 2.77 bits per heavy atom. The van der Waals surface area contributed by atoms with Crippen LogP contribution in [0.1, 0.15) is 0 Å². The van der Waals surface area contributed by atoms with Gasteiger partial charge in [0.15, 0.2) is 11.5 Å². The van der Waals surface area contributed by atoms with Gasteiger partial charge in [0.2, 0.25) is 5.95 Å². The van der Waals surface area contributed by atoms with E-state index in [1.165, 1.54) is 6.33 Å². The average molecular weight is 300 g/mol. The highest BCUT2D eigenvalue weighted by molar-refractivity contribution is 5.82. The van der Waals surface area contributed by atoms with Crippen molar-refractivity contribution in [2.75, 3.05) is 31.4 Å². The molecule has 8 heteroatoms. The normalized spacial score (nSPS) is 10.8. The summed E-state index contributed by atoms with van der Waals surface area (Å²) in [5.74, 6) is 1.51. The first kappa shape index (κ1) is 14.1. The molecule has 1 aromatic carbocycles. The number of nitrogens with two attached hydrogens (primary N) is 1. The maximum absolute atomic E-state index is 5.85. The van der Waals surface area contributed by atoms with Gasteiger partial charge in [0.25, 0.3) is 0 Å². The standard InChI is InChI=1S/C14H16N6O2/c1-21-6-7-22-10-4-2-9(3-5-10)18-14-19-12(15)11-13(20-14)17-8-16-11/h2-5,8H,6-7H2,1H3,(H4,15,16,17,18,19,20). The van der Waals surface area contributed by atoms with E-state index in [0.717, 1.165) is 11.4 Å². The first-order valence-corrected chi connectivity index (χ1v) is 6.71. The molecule has 0 aliphatic carbocycles. The number of nitrogen functional groups attached to an aromatic ring is 1. The maximum Gasteiger partial charge on any atom is 0.231 e. The van der Waals surface area contributed by atoms with Gasteiger partial charge >= 0.3 is 0 Å². The highest BCUT2D eigenvalue weighted by Gasteiger charge is 2.07. The first-order valence-electron chi connectivity index (χ1n) is 6.71. The maximum atomic E-state index is 5.85. The van der Waals surface area contributed by atoms with Crippen LogP contribution in [0.2, 0.25) is 0 Å². The van der Waals surface area contributed by atoms with Crippen LogP contribution in [0.3, 0.4) is 0 Å². The number of anilines is 3. The number of methoxy groups -OCH3 is 1. The fourth-order valence-corrected chi connectivity index (χ4v) is 1.92. The van der Waals surface area contributed by atoms with E-state index in [-0.39, 0.29) is 0 Å². The van der Waals surface area contributed by atoms with Crippen molar-refractivity contribution < 1.29 is 9.47 Å². The van der Waals surface area contributed by atoms with E-state index in [2.05, 4.69) is 25.3 Å². The third-order valence-electron chi connectivity index (χ3n) is 2.98. The van der Waals surface area contributed by atoms with Crippen molar-refractivity contribution in [2.45, 2.75) is 0 Å². The van der Waals surface area contributed by atoms with E-state index >= 15 is 0 Å². The fraction of sp³-hybridized carbons (Fsp3) is 0.214. The lowest BCUT2D eigenvalue weighted by molar-refractivity contribution is 0.146. The topological polar surface area (TPSA) is 111 Å². The van der Waals surface area contributed by atoms with Crippen LogP contribution in [-0.4, -0.2) is 40.3 Å². The molecule has 0 atom stereocenters. The summed E-state index contributed by atoms with van der Waals surface area (Å²) in [6.45, 7) is 1.07. The quantitative estimate of drug-likeness (QED) is 0.594. The molecule has 0 aliphatic heterocycles. The highest BCUT2D eigenvalue weighted by Crippen LogP contribution is 2.21. The number of hydrogen-bond acceptors (Lipinski definition) is 7. The van der Waals surface area contributed by atoms with Crippen molar-refractivity contribution in [2.24, 2.45) is 0 Å². The highest BCUT2D eigenvalue weighted by atomic mass is 16.5. The number of aromatic nitrogens is 4. The molecule has 0 fully saturated rings. The van der Waals surface area contributed by atoms with Crippen LogP contribution in [0, 0.1) is 0 Å². The lowest BCUT2D eigenvalue weighted by Crippen LogP contribution is -2.04. The largest absolute Gasteiger partial charge is 0.491 e. The molecule has 0 bridgehead atoms. The molecule has 0 aliphatic rings. The van der Waals surface area contributed by atoms with Gasteiger partial charge < -0.3 is 25.5 Å². The summed E-state index contributed by atoms with van der Waals surface area (Å²) in [4.78, 5) is 15.4. The molecular weight excluding hydrogens is 284 g/mol. The lowest BCUT2D eigenvalue weighted by Gasteiger charge is -2.08. The zero-order valence-corrected chi connectivity index (χ0v) is 12.0. The minimum Gasteiger partial charge on any atom is -0.491 e. The van der Waals surface area contributed by atoms with Crippen LogP contribution in [0.15, 0.2) is 30.6 Å². The minimum atomic E-state index is 0.351. The number of imidazole rings is 1. The molecule has 0 amide bonds. The molecule has 0 radical (unpaired) electrons. The van der Waals surface area contributed by atoms with E-state index in [9.17, 15) is 0 Å². The number of aromatic amines is 1. The Hall–Kier alpha value is -2.87. The van der Waals surface area contributed by atoms with E-state index in [1.54, 1.807) is 7.11 Å². The third-order valence-corrected chi connectivity index (χ3v) is 2.98. The molecule has 0 saturated heterocycles. The second kappa shape index (κ2) is 6.27. The van der Waals surface area contributed by atoms with Gasteiger partial charge in [0.05, 0.1) is 12.9 Å². The molecular formula is C14H16N6O2. The van der Waals surface area contributed by atoms with Gasteiger partial charge in [-0.2, -0.15) is 9.97 Å². The second-order valence-electron chi connectivity index (χ2n) is 4.52. The molecule has 3 rings (SSSR count). The van der Waals surface area contributed by atoms with E-state index in [0.29, 0.717) is 36.1 Å². The Morgan fingerprint density at radius 1 is 1.18 bits per heavy atom. The number of nitrogens with zero attached hydrogens (tertiary/aromatic N) is 3. The van der Waals surface area contributed by atoms with Crippen LogP contribution in [0.5, 0.6) is 5.75 Å². The van der Waals surface area contributed by atoms with Crippen molar-refractivity contribution in [1.82, 2.24) is 19.9 Å². The number of H-pyrrole nitrogens is 1. The lowest BCUT2D eigenvalue weighted by atomic mass is 10.3. The summed E-state index contributed by atoms with van der Waals surface area (Å²) < 4.78 is 10.4. The zero-order valence-electron chi connectivity index (χ0n) is 12.0. The third kappa shape index (κ3) is 3.07. The zero-order chi connectivity index (χ0) is 15.4. The van der Waals surface area contributed by atoms with Gasteiger partial charge in [0, 0.05) is 12.8 Å². The Bertz CT molecular complexity index is 756. The molecule has 8 nitrogen and oxygen atoms in total. The van der Waals surface area contributed by atoms with Gasteiger partial charge in [-0.25, -0.2) is 4.98 Å². The summed E-state index contributed by atoms with van der Waals surface area (Å²) in [6.07, 6.45) is 1.53. The summed E-state index contributed by atoms with van der Waals surface area (Å²) in [6, 6.07) is 7.45. The molecule has 0 unspecified atom stereocenters. The van der Waals surface area contributed by atoms with Gasteiger partial charge in [-0.3, -0.25) is 0 Å². The predicted octanol–water partition coefficient (Wildman–Crippen LogP) is 1.70. The van der Waals surface area contributed by atoms with Crippen LogP contribution >= 0.6 is 0 Å². The number of rotatable bonds is 6. The number of ether oxygens (including phenoxy) is 2. The summed E-state index contributed by atoms with van der Waals surface area (Å²) in [5, 5.41) is 3.08. The monoisotopic (exact) mass is 300 g/mol. The van der Waals surface area contributed by atoms with E-state index in [4.69, 9.17) is 15.2 Å². The molecule has 2 aromatic heterocycles. The van der Waals surface area contributed by atoms with Gasteiger partial charge in [-0.15, -0.1) is 0 Å². The average Bonchev–Trinajstić information content (AvgIpc) is 2.98. The Kier molecular flexibility index (Phi) is 4.01. The molecule has 0 spiro atoms. The number of nitrogens with one attached hydrogen (secondary N) is 2. The van der Waals surface area contributed by atoms with Crippen LogP contribution in [0.4, 0.5) is 17.5 Å².